The lowest BCUT2D eigenvalue weighted by molar-refractivity contribution is -0.125. The van der Waals surface area contributed by atoms with Crippen molar-refractivity contribution in [2.24, 2.45) is 18.7 Å². The van der Waals surface area contributed by atoms with Crippen LogP contribution in [0.1, 0.15) is 43.5 Å². The first-order valence-electron chi connectivity index (χ1n) is 6.68. The maximum absolute atomic E-state index is 12.1. The van der Waals surface area contributed by atoms with E-state index in [2.05, 4.69) is 10.4 Å². The molecule has 2 atom stereocenters. The van der Waals surface area contributed by atoms with Crippen LogP contribution in [0.25, 0.3) is 0 Å². The molecule has 1 aromatic heterocycles. The molecule has 2 rings (SSSR count). The quantitative estimate of drug-likeness (QED) is 0.834. The molecule has 0 spiro atoms. The Morgan fingerprint density at radius 1 is 1.72 bits per heavy atom. The molecule has 18 heavy (non-hydrogen) atoms. The number of nitrogens with one attached hydrogen (secondary N) is 1. The summed E-state index contributed by atoms with van der Waals surface area (Å²) in [4.78, 5) is 12.1. The third kappa shape index (κ3) is 2.41. The number of aromatic nitrogens is 2. The van der Waals surface area contributed by atoms with Crippen LogP contribution in [0, 0.1) is 5.92 Å². The molecule has 0 aromatic carbocycles. The second-order valence-electron chi connectivity index (χ2n) is 4.96. The molecule has 0 saturated heterocycles. The molecule has 0 bridgehead atoms. The molecule has 1 amide bonds. The van der Waals surface area contributed by atoms with Crippen molar-refractivity contribution in [2.75, 3.05) is 6.54 Å². The van der Waals surface area contributed by atoms with Crippen molar-refractivity contribution < 1.29 is 4.79 Å². The summed E-state index contributed by atoms with van der Waals surface area (Å²) in [5.41, 5.74) is 8.02. The van der Waals surface area contributed by atoms with E-state index < -0.39 is 0 Å². The van der Waals surface area contributed by atoms with Crippen molar-refractivity contribution in [1.82, 2.24) is 15.1 Å². The second kappa shape index (κ2) is 5.52. The van der Waals surface area contributed by atoms with Crippen molar-refractivity contribution in [2.45, 2.75) is 38.6 Å². The van der Waals surface area contributed by atoms with Gasteiger partial charge in [-0.05, 0) is 25.7 Å². The van der Waals surface area contributed by atoms with Gasteiger partial charge in [0.05, 0.1) is 12.2 Å². The van der Waals surface area contributed by atoms with E-state index in [9.17, 15) is 4.79 Å². The lowest BCUT2D eigenvalue weighted by Gasteiger charge is -2.25. The summed E-state index contributed by atoms with van der Waals surface area (Å²) in [5.74, 6) is -0.00579. The van der Waals surface area contributed by atoms with Gasteiger partial charge in [-0.3, -0.25) is 9.48 Å². The van der Waals surface area contributed by atoms with Crippen LogP contribution in [-0.4, -0.2) is 22.2 Å². The molecule has 1 aromatic rings. The van der Waals surface area contributed by atoms with E-state index in [1.165, 1.54) is 11.3 Å². The fourth-order valence-corrected chi connectivity index (χ4v) is 2.60. The number of nitrogens with zero attached hydrogens (tertiary/aromatic N) is 2. The number of aryl methyl sites for hydroxylation is 1. The van der Waals surface area contributed by atoms with Crippen LogP contribution < -0.4 is 11.1 Å². The number of carbonyl (C=O) groups is 1. The smallest absolute Gasteiger partial charge is 0.224 e. The monoisotopic (exact) mass is 250 g/mol. The Morgan fingerprint density at radius 3 is 3.17 bits per heavy atom. The molecule has 5 heteroatoms. The first-order valence-corrected chi connectivity index (χ1v) is 6.68. The lowest BCUT2D eigenvalue weighted by atomic mass is 9.92. The van der Waals surface area contributed by atoms with E-state index in [0.29, 0.717) is 6.54 Å². The highest BCUT2D eigenvalue weighted by atomic mass is 16.1. The SMILES string of the molecule is CCC(CN)C(=O)NC1CCCc2c1cnn2C. The number of hydrogen-bond acceptors (Lipinski definition) is 3. The summed E-state index contributed by atoms with van der Waals surface area (Å²) in [5, 5.41) is 7.40. The highest BCUT2D eigenvalue weighted by molar-refractivity contribution is 5.79. The van der Waals surface area contributed by atoms with Crippen LogP contribution in [-0.2, 0) is 18.3 Å². The van der Waals surface area contributed by atoms with Gasteiger partial charge in [-0.25, -0.2) is 0 Å². The van der Waals surface area contributed by atoms with Crippen molar-refractivity contribution in [3.63, 3.8) is 0 Å². The Morgan fingerprint density at radius 2 is 2.50 bits per heavy atom. The molecule has 100 valence electrons. The van der Waals surface area contributed by atoms with Gasteiger partial charge in [-0.2, -0.15) is 5.10 Å². The van der Waals surface area contributed by atoms with Crippen LogP contribution in [0.2, 0.25) is 0 Å². The predicted molar refractivity (Wildman–Crippen MR) is 69.9 cm³/mol. The van der Waals surface area contributed by atoms with Crippen molar-refractivity contribution in [1.29, 1.82) is 0 Å². The van der Waals surface area contributed by atoms with Crippen LogP contribution >= 0.6 is 0 Å². The van der Waals surface area contributed by atoms with E-state index in [1.54, 1.807) is 0 Å². The van der Waals surface area contributed by atoms with Gasteiger partial charge < -0.3 is 11.1 Å². The lowest BCUT2D eigenvalue weighted by Crippen LogP contribution is -2.38. The van der Waals surface area contributed by atoms with Gasteiger partial charge in [0.2, 0.25) is 5.91 Å². The van der Waals surface area contributed by atoms with E-state index >= 15 is 0 Å². The van der Waals surface area contributed by atoms with Gasteiger partial charge >= 0.3 is 0 Å². The summed E-state index contributed by atoms with van der Waals surface area (Å²) in [6, 6.07) is 0.107. The molecule has 0 fully saturated rings. The number of rotatable bonds is 4. The topological polar surface area (TPSA) is 72.9 Å². The molecule has 0 saturated carbocycles. The normalized spacial score (nSPS) is 20.3. The summed E-state index contributed by atoms with van der Waals surface area (Å²) in [6.45, 7) is 2.41. The molecule has 0 radical (unpaired) electrons. The average molecular weight is 250 g/mol. The minimum absolute atomic E-state index is 0.0710. The number of amides is 1. The van der Waals surface area contributed by atoms with Gasteiger partial charge in [0.15, 0.2) is 0 Å². The molecule has 2 unspecified atom stereocenters. The molecular weight excluding hydrogens is 228 g/mol. The Balaban J connectivity index is 2.09. The molecule has 3 N–H and O–H groups in total. The second-order valence-corrected chi connectivity index (χ2v) is 4.96. The molecular formula is C13H22N4O. The van der Waals surface area contributed by atoms with Gasteiger partial charge in [-0.15, -0.1) is 0 Å². The van der Waals surface area contributed by atoms with Gasteiger partial charge in [0, 0.05) is 30.8 Å². The van der Waals surface area contributed by atoms with E-state index in [-0.39, 0.29) is 17.9 Å². The molecule has 1 heterocycles. The fourth-order valence-electron chi connectivity index (χ4n) is 2.60. The number of fused-ring (bicyclic) bond motifs is 1. The molecule has 5 nitrogen and oxygen atoms in total. The minimum Gasteiger partial charge on any atom is -0.349 e. The molecule has 0 aliphatic heterocycles. The largest absolute Gasteiger partial charge is 0.349 e. The van der Waals surface area contributed by atoms with Crippen LogP contribution in [0.15, 0.2) is 6.20 Å². The standard InChI is InChI=1S/C13H22N4O/c1-3-9(7-14)13(18)16-11-5-4-6-12-10(11)8-15-17(12)2/h8-9,11H,3-7,14H2,1-2H3,(H,16,18). The first-order chi connectivity index (χ1) is 8.67. The molecule has 1 aliphatic carbocycles. The Labute approximate surface area is 108 Å². The van der Waals surface area contributed by atoms with Gasteiger partial charge in [0.25, 0.3) is 0 Å². The van der Waals surface area contributed by atoms with Crippen molar-refractivity contribution in [3.8, 4) is 0 Å². The molecule has 1 aliphatic rings. The van der Waals surface area contributed by atoms with E-state index in [4.69, 9.17) is 5.73 Å². The third-order valence-electron chi connectivity index (χ3n) is 3.84. The maximum Gasteiger partial charge on any atom is 0.224 e. The fraction of sp³-hybridized carbons (Fsp3) is 0.692. The predicted octanol–water partition coefficient (Wildman–Crippen LogP) is 0.899. The number of hydrogen-bond donors (Lipinski definition) is 2. The zero-order valence-electron chi connectivity index (χ0n) is 11.1. The Hall–Kier alpha value is -1.36. The van der Waals surface area contributed by atoms with E-state index in [1.807, 2.05) is 24.9 Å². The summed E-state index contributed by atoms with van der Waals surface area (Å²) >= 11 is 0. The van der Waals surface area contributed by atoms with Crippen LogP contribution in [0.4, 0.5) is 0 Å². The summed E-state index contributed by atoms with van der Waals surface area (Å²) in [7, 11) is 1.96. The minimum atomic E-state index is -0.0768. The van der Waals surface area contributed by atoms with E-state index in [0.717, 1.165) is 25.7 Å². The highest BCUT2D eigenvalue weighted by Gasteiger charge is 2.26. The Bertz CT molecular complexity index is 423. The van der Waals surface area contributed by atoms with Gasteiger partial charge in [0.1, 0.15) is 0 Å². The summed E-state index contributed by atoms with van der Waals surface area (Å²) < 4.78 is 1.91. The van der Waals surface area contributed by atoms with Crippen molar-refractivity contribution in [3.05, 3.63) is 17.5 Å². The number of carbonyl (C=O) groups excluding carboxylic acids is 1. The zero-order chi connectivity index (χ0) is 13.1. The van der Waals surface area contributed by atoms with Crippen LogP contribution in [0.3, 0.4) is 0 Å². The average Bonchev–Trinajstić information content (AvgIpc) is 2.74. The maximum atomic E-state index is 12.1. The first kappa shape index (κ1) is 13.1. The van der Waals surface area contributed by atoms with Gasteiger partial charge in [-0.1, -0.05) is 6.92 Å². The number of nitrogens with two attached hydrogens (primary N) is 1. The summed E-state index contributed by atoms with van der Waals surface area (Å²) in [6.07, 6.45) is 5.80. The Kier molecular flexibility index (Phi) is 4.01. The third-order valence-corrected chi connectivity index (χ3v) is 3.84. The van der Waals surface area contributed by atoms with Crippen LogP contribution in [0.5, 0.6) is 0 Å². The zero-order valence-corrected chi connectivity index (χ0v) is 11.1. The van der Waals surface area contributed by atoms with Crippen molar-refractivity contribution >= 4 is 5.91 Å². The highest BCUT2D eigenvalue weighted by Crippen LogP contribution is 2.29.